The van der Waals surface area contributed by atoms with Crippen molar-refractivity contribution >= 4 is 46.4 Å². The van der Waals surface area contributed by atoms with Crippen molar-refractivity contribution in [2.24, 2.45) is 10.7 Å². The smallest absolute Gasteiger partial charge is 0.191 e. The molecule has 1 aliphatic heterocycles. The number of rotatable bonds is 3. The molecule has 0 atom stereocenters. The van der Waals surface area contributed by atoms with E-state index in [1.165, 1.54) is 0 Å². The predicted molar refractivity (Wildman–Crippen MR) is 105 cm³/mol. The molecule has 2 aromatic rings. The maximum atomic E-state index is 9.26. The maximum Gasteiger partial charge on any atom is 0.191 e. The first-order chi connectivity index (χ1) is 10.7. The summed E-state index contributed by atoms with van der Waals surface area (Å²) in [6.45, 7) is 4.04. The van der Waals surface area contributed by atoms with E-state index in [1.54, 1.807) is 23.5 Å². The summed E-state index contributed by atoms with van der Waals surface area (Å²) >= 11 is 1.66. The minimum Gasteiger partial charge on any atom is -0.508 e. The molecule has 8 heteroatoms. The highest BCUT2D eigenvalue weighted by Gasteiger charge is 2.19. The number of nitrogens with zero attached hydrogens (tertiary/aromatic N) is 4. The van der Waals surface area contributed by atoms with Crippen LogP contribution in [0.2, 0.25) is 0 Å². The number of phenols is 1. The highest BCUT2D eigenvalue weighted by atomic mass is 127. The number of piperazine rings is 1. The zero-order chi connectivity index (χ0) is 15.4. The van der Waals surface area contributed by atoms with E-state index in [4.69, 9.17) is 5.73 Å². The number of guanidine groups is 1. The van der Waals surface area contributed by atoms with Crippen molar-refractivity contribution in [3.05, 3.63) is 41.4 Å². The van der Waals surface area contributed by atoms with Gasteiger partial charge in [0.1, 0.15) is 5.75 Å². The molecule has 1 aromatic carbocycles. The van der Waals surface area contributed by atoms with E-state index < -0.39 is 0 Å². The van der Waals surface area contributed by atoms with Gasteiger partial charge in [0.05, 0.1) is 6.54 Å². The first-order valence-corrected chi connectivity index (χ1v) is 8.07. The molecule has 0 bridgehead atoms. The normalized spacial score (nSPS) is 15.4. The molecule has 0 aliphatic carbocycles. The van der Waals surface area contributed by atoms with Gasteiger partial charge in [-0.25, -0.2) is 9.98 Å². The van der Waals surface area contributed by atoms with Crippen LogP contribution >= 0.6 is 35.3 Å². The summed E-state index contributed by atoms with van der Waals surface area (Å²) in [7, 11) is 0. The van der Waals surface area contributed by atoms with Gasteiger partial charge in [-0.2, -0.15) is 0 Å². The van der Waals surface area contributed by atoms with Crippen molar-refractivity contribution in [1.29, 1.82) is 0 Å². The molecule has 1 aromatic heterocycles. The molecule has 0 amide bonds. The predicted octanol–water partition coefficient (Wildman–Crippen LogP) is 2.10. The highest BCUT2D eigenvalue weighted by molar-refractivity contribution is 14.0. The highest BCUT2D eigenvalue weighted by Crippen LogP contribution is 2.18. The number of aromatic nitrogens is 1. The van der Waals surface area contributed by atoms with E-state index in [0.29, 0.717) is 12.5 Å². The Kier molecular flexibility index (Phi) is 6.46. The van der Waals surface area contributed by atoms with Crippen LogP contribution in [0.4, 0.5) is 5.13 Å². The topological polar surface area (TPSA) is 78.0 Å². The van der Waals surface area contributed by atoms with Crippen molar-refractivity contribution in [3.8, 4) is 5.75 Å². The Hall–Kier alpha value is -1.55. The molecular formula is C15H20IN5OS. The third-order valence-electron chi connectivity index (χ3n) is 3.65. The Balaban J connectivity index is 0.00000192. The number of nitrogens with two attached hydrogens (primary N) is 1. The summed E-state index contributed by atoms with van der Waals surface area (Å²) in [5.74, 6) is 0.839. The molecule has 3 rings (SSSR count). The van der Waals surface area contributed by atoms with Crippen molar-refractivity contribution in [3.63, 3.8) is 0 Å². The van der Waals surface area contributed by atoms with Crippen LogP contribution in [0.15, 0.2) is 40.8 Å². The van der Waals surface area contributed by atoms with Gasteiger partial charge in [-0.3, -0.25) is 0 Å². The van der Waals surface area contributed by atoms with E-state index in [2.05, 4.69) is 19.8 Å². The molecule has 0 saturated carbocycles. The summed E-state index contributed by atoms with van der Waals surface area (Å²) in [4.78, 5) is 13.2. The van der Waals surface area contributed by atoms with Gasteiger partial charge in [-0.15, -0.1) is 35.3 Å². The number of hydrogen-bond donors (Lipinski definition) is 2. The van der Waals surface area contributed by atoms with E-state index in [0.717, 1.165) is 36.9 Å². The van der Waals surface area contributed by atoms with Gasteiger partial charge in [0.25, 0.3) is 0 Å². The Labute approximate surface area is 156 Å². The Morgan fingerprint density at radius 1 is 1.22 bits per heavy atom. The van der Waals surface area contributed by atoms with E-state index in [1.807, 2.05) is 23.7 Å². The van der Waals surface area contributed by atoms with Crippen molar-refractivity contribution in [1.82, 2.24) is 9.88 Å². The van der Waals surface area contributed by atoms with Crippen molar-refractivity contribution in [2.45, 2.75) is 6.54 Å². The summed E-state index contributed by atoms with van der Waals surface area (Å²) < 4.78 is 0. The van der Waals surface area contributed by atoms with Crippen LogP contribution in [0, 0.1) is 0 Å². The van der Waals surface area contributed by atoms with Crippen LogP contribution < -0.4 is 10.6 Å². The number of phenolic OH excluding ortho intramolecular Hbond substituents is 1. The molecule has 124 valence electrons. The molecule has 1 fully saturated rings. The van der Waals surface area contributed by atoms with Gasteiger partial charge in [-0.05, 0) is 17.7 Å². The number of halogens is 1. The fraction of sp³-hybridized carbons (Fsp3) is 0.333. The van der Waals surface area contributed by atoms with Gasteiger partial charge in [0, 0.05) is 37.8 Å². The van der Waals surface area contributed by atoms with Crippen LogP contribution in [-0.2, 0) is 6.54 Å². The molecule has 1 aliphatic rings. The molecule has 3 N–H and O–H groups in total. The first-order valence-electron chi connectivity index (χ1n) is 7.19. The maximum absolute atomic E-state index is 9.26. The van der Waals surface area contributed by atoms with Crippen LogP contribution in [0.1, 0.15) is 5.56 Å². The third-order valence-corrected chi connectivity index (χ3v) is 4.49. The largest absolute Gasteiger partial charge is 0.508 e. The molecule has 1 saturated heterocycles. The average Bonchev–Trinajstić information content (AvgIpc) is 3.09. The fourth-order valence-electron chi connectivity index (χ4n) is 2.37. The third kappa shape index (κ3) is 4.71. The summed E-state index contributed by atoms with van der Waals surface area (Å²) in [5, 5.41) is 12.3. The van der Waals surface area contributed by atoms with Crippen LogP contribution in [-0.4, -0.2) is 47.1 Å². The number of hydrogen-bond acceptors (Lipinski definition) is 5. The van der Waals surface area contributed by atoms with Gasteiger partial charge >= 0.3 is 0 Å². The standard InChI is InChI=1S/C15H19N5OS.HI/c16-14(18-11-12-1-3-13(21)4-2-12)19-6-8-20(9-7-19)15-17-5-10-22-15;/h1-5,10,21H,6-9,11H2,(H2,16,18);1H. The molecule has 2 heterocycles. The van der Waals surface area contributed by atoms with Gasteiger partial charge in [-0.1, -0.05) is 12.1 Å². The average molecular weight is 445 g/mol. The molecule has 0 spiro atoms. The first kappa shape index (κ1) is 17.8. The second kappa shape index (κ2) is 8.34. The number of benzene rings is 1. The van der Waals surface area contributed by atoms with E-state index in [-0.39, 0.29) is 29.7 Å². The lowest BCUT2D eigenvalue weighted by atomic mass is 10.2. The number of aliphatic imine (C=N–C) groups is 1. The summed E-state index contributed by atoms with van der Waals surface area (Å²) in [6, 6.07) is 7.03. The van der Waals surface area contributed by atoms with Crippen LogP contribution in [0.25, 0.3) is 0 Å². The van der Waals surface area contributed by atoms with Crippen molar-refractivity contribution < 1.29 is 5.11 Å². The lowest BCUT2D eigenvalue weighted by Crippen LogP contribution is -2.51. The van der Waals surface area contributed by atoms with Gasteiger partial charge in [0.2, 0.25) is 0 Å². The Bertz CT molecular complexity index is 624. The van der Waals surface area contributed by atoms with E-state index in [9.17, 15) is 5.11 Å². The number of anilines is 1. The number of thiazole rings is 1. The van der Waals surface area contributed by atoms with Gasteiger partial charge < -0.3 is 20.6 Å². The monoisotopic (exact) mass is 445 g/mol. The molecule has 0 unspecified atom stereocenters. The molecular weight excluding hydrogens is 425 g/mol. The zero-order valence-electron chi connectivity index (χ0n) is 12.6. The quantitative estimate of drug-likeness (QED) is 0.430. The molecule has 0 radical (unpaired) electrons. The molecule has 23 heavy (non-hydrogen) atoms. The second-order valence-electron chi connectivity index (χ2n) is 5.13. The Morgan fingerprint density at radius 2 is 1.91 bits per heavy atom. The van der Waals surface area contributed by atoms with Crippen LogP contribution in [0.3, 0.4) is 0 Å². The van der Waals surface area contributed by atoms with Crippen LogP contribution in [0.5, 0.6) is 5.75 Å². The summed E-state index contributed by atoms with van der Waals surface area (Å²) in [5.41, 5.74) is 7.12. The second-order valence-corrected chi connectivity index (χ2v) is 6.00. The lowest BCUT2D eigenvalue weighted by molar-refractivity contribution is 0.380. The van der Waals surface area contributed by atoms with Gasteiger partial charge in [0.15, 0.2) is 11.1 Å². The minimum atomic E-state index is 0. The SMILES string of the molecule is I.NC(=NCc1ccc(O)cc1)N1CCN(c2nccs2)CC1. The number of aromatic hydroxyl groups is 1. The minimum absolute atomic E-state index is 0. The summed E-state index contributed by atoms with van der Waals surface area (Å²) in [6.07, 6.45) is 1.83. The molecule has 6 nitrogen and oxygen atoms in total. The zero-order valence-corrected chi connectivity index (χ0v) is 15.8. The lowest BCUT2D eigenvalue weighted by Gasteiger charge is -2.35. The fourth-order valence-corrected chi connectivity index (χ4v) is 3.07. The Morgan fingerprint density at radius 3 is 2.52 bits per heavy atom. The van der Waals surface area contributed by atoms with Crippen molar-refractivity contribution in [2.75, 3.05) is 31.1 Å². The van der Waals surface area contributed by atoms with E-state index >= 15 is 0 Å².